The third-order valence-corrected chi connectivity index (χ3v) is 10.9. The number of fused-ring (bicyclic) bond motifs is 10. The van der Waals surface area contributed by atoms with Crippen LogP contribution in [0, 0.1) is 0 Å². The Hall–Kier alpha value is -2.00. The lowest BCUT2D eigenvalue weighted by atomic mass is 9.98. The Balaban J connectivity index is 2.56. The van der Waals surface area contributed by atoms with Crippen LogP contribution in [-0.2, 0) is 12.8 Å². The average Bonchev–Trinajstić information content (AvgIpc) is 2.65. The number of hydrogen-bond donors (Lipinski definition) is 0. The molecule has 0 aromatic heterocycles. The second kappa shape index (κ2) is 10.5. The van der Waals surface area contributed by atoms with E-state index in [2.05, 4.69) is 90.7 Å². The molecule has 170 valence electrons. The Morgan fingerprint density at radius 3 is 2.26 bits per heavy atom. The van der Waals surface area contributed by atoms with E-state index in [0.29, 0.717) is 0 Å². The fourth-order valence-corrected chi connectivity index (χ4v) is 4.44. The van der Waals surface area contributed by atoms with Crippen LogP contribution in [0.3, 0.4) is 0 Å². The summed E-state index contributed by atoms with van der Waals surface area (Å²) in [7, 11) is -0.187. The molecule has 0 radical (unpaired) electrons. The maximum absolute atomic E-state index is 6.83. The molecule has 3 heteroatoms. The van der Waals surface area contributed by atoms with Gasteiger partial charge in [0.05, 0.1) is 7.11 Å². The maximum Gasteiger partial charge on any atom is 0.250 e. The molecule has 2 aliphatic carbocycles. The minimum atomic E-state index is -1.96. The monoisotopic (exact) mass is 438 g/mol. The van der Waals surface area contributed by atoms with Gasteiger partial charge in [0, 0.05) is 11.1 Å². The van der Waals surface area contributed by atoms with E-state index in [9.17, 15) is 0 Å². The Morgan fingerprint density at radius 2 is 1.61 bits per heavy atom. The Bertz CT molecular complexity index is 879. The Labute approximate surface area is 191 Å². The van der Waals surface area contributed by atoms with Crippen molar-refractivity contribution in [3.05, 3.63) is 70.9 Å². The highest BCUT2D eigenvalue weighted by molar-refractivity contribution is 6.74. The predicted octanol–water partition coefficient (Wildman–Crippen LogP) is 8.35. The van der Waals surface area contributed by atoms with E-state index in [0.717, 1.165) is 43.6 Å². The van der Waals surface area contributed by atoms with Crippen molar-refractivity contribution in [2.75, 3.05) is 7.11 Å². The molecule has 1 aromatic rings. The summed E-state index contributed by atoms with van der Waals surface area (Å²) in [6, 6.07) is 4.43. The molecule has 0 amide bonds. The molecule has 31 heavy (non-hydrogen) atoms. The van der Waals surface area contributed by atoms with Crippen molar-refractivity contribution < 1.29 is 9.16 Å². The molecule has 0 saturated heterocycles. The maximum atomic E-state index is 6.83. The van der Waals surface area contributed by atoms with Crippen LogP contribution in [0.4, 0.5) is 0 Å². The molecule has 0 spiro atoms. The molecule has 1 aromatic carbocycles. The molecular weight excluding hydrogens is 396 g/mol. The summed E-state index contributed by atoms with van der Waals surface area (Å²) in [4.78, 5) is 0. The normalized spacial score (nSPS) is 21.1. The van der Waals surface area contributed by atoms with E-state index >= 15 is 0 Å². The molecule has 0 atom stereocenters. The lowest BCUT2D eigenvalue weighted by molar-refractivity contribution is 0.408. The van der Waals surface area contributed by atoms with Gasteiger partial charge in [0.15, 0.2) is 0 Å². The topological polar surface area (TPSA) is 18.5 Å². The van der Waals surface area contributed by atoms with Crippen LogP contribution in [0.25, 0.3) is 0 Å². The van der Waals surface area contributed by atoms with Crippen LogP contribution in [0.15, 0.2) is 59.7 Å². The van der Waals surface area contributed by atoms with Gasteiger partial charge in [-0.05, 0) is 76.2 Å². The molecule has 2 aliphatic rings. The van der Waals surface area contributed by atoms with Crippen LogP contribution >= 0.6 is 0 Å². The zero-order chi connectivity index (χ0) is 23.2. The predicted molar refractivity (Wildman–Crippen MR) is 138 cm³/mol. The summed E-state index contributed by atoms with van der Waals surface area (Å²) >= 11 is 0. The van der Waals surface area contributed by atoms with E-state index in [-0.39, 0.29) is 5.04 Å². The van der Waals surface area contributed by atoms with E-state index in [1.807, 2.05) is 0 Å². The van der Waals surface area contributed by atoms with Crippen molar-refractivity contribution in [3.8, 4) is 11.5 Å². The summed E-state index contributed by atoms with van der Waals surface area (Å²) in [5.74, 6) is 1.98. The van der Waals surface area contributed by atoms with Gasteiger partial charge in [0.2, 0.25) is 8.32 Å². The standard InChI is InChI=1S/C28H42O2Si/c1-21-12-10-14-22(2)16-17-24-19-26(29-7)25(18-23(3)15-11-13-21)20-27(24)30-31(8,9)28(4,5)6/h10,12,15-16,19-20H,1,11,13-14,17-18H2,2-9H3/b12-10+,22-16+,23-15-. The van der Waals surface area contributed by atoms with E-state index in [4.69, 9.17) is 9.16 Å². The molecule has 0 heterocycles. The number of hydrogen-bond acceptors (Lipinski definition) is 2. The van der Waals surface area contributed by atoms with Crippen molar-refractivity contribution in [3.63, 3.8) is 0 Å². The van der Waals surface area contributed by atoms with Gasteiger partial charge in [-0.15, -0.1) is 0 Å². The SMILES string of the molecule is C=C1/C=C/C/C(C)=C/Cc2cc(OC)c(cc2O[Si](C)(C)C(C)(C)C)C/C(C)=C\CC1. The summed E-state index contributed by atoms with van der Waals surface area (Å²) in [6.45, 7) is 20.1. The Kier molecular flexibility index (Phi) is 8.59. The lowest BCUT2D eigenvalue weighted by Crippen LogP contribution is -2.44. The first-order chi connectivity index (χ1) is 14.4. The van der Waals surface area contributed by atoms with E-state index < -0.39 is 8.32 Å². The number of methoxy groups -OCH3 is 1. The van der Waals surface area contributed by atoms with E-state index in [1.165, 1.54) is 27.8 Å². The average molecular weight is 439 g/mol. The van der Waals surface area contributed by atoms with Gasteiger partial charge in [-0.3, -0.25) is 0 Å². The molecule has 2 nitrogen and oxygen atoms in total. The molecule has 0 N–H and O–H groups in total. The first-order valence-electron chi connectivity index (χ1n) is 11.5. The smallest absolute Gasteiger partial charge is 0.250 e. The molecule has 0 unspecified atom stereocenters. The summed E-state index contributed by atoms with van der Waals surface area (Å²) < 4.78 is 12.6. The molecule has 2 bridgehead atoms. The fraction of sp³-hybridized carbons (Fsp3) is 0.500. The Morgan fingerprint density at radius 1 is 0.935 bits per heavy atom. The number of benzene rings is 1. The fourth-order valence-electron chi connectivity index (χ4n) is 3.39. The van der Waals surface area contributed by atoms with Crippen molar-refractivity contribution >= 4 is 8.32 Å². The summed E-state index contributed by atoms with van der Waals surface area (Å²) in [6.07, 6.45) is 13.7. The molecule has 0 fully saturated rings. The van der Waals surface area contributed by atoms with Crippen LogP contribution in [0.2, 0.25) is 18.1 Å². The minimum absolute atomic E-state index is 0.149. The van der Waals surface area contributed by atoms with Crippen LogP contribution in [0.1, 0.15) is 65.0 Å². The van der Waals surface area contributed by atoms with Gasteiger partial charge in [0.25, 0.3) is 0 Å². The molecule has 0 saturated carbocycles. The van der Waals surface area contributed by atoms with Crippen molar-refractivity contribution in [2.24, 2.45) is 0 Å². The first kappa shape index (κ1) is 25.3. The van der Waals surface area contributed by atoms with E-state index in [1.54, 1.807) is 7.11 Å². The second-order valence-corrected chi connectivity index (χ2v) is 15.1. The zero-order valence-corrected chi connectivity index (χ0v) is 22.0. The van der Waals surface area contributed by atoms with Crippen molar-refractivity contribution in [1.82, 2.24) is 0 Å². The quantitative estimate of drug-likeness (QED) is 0.348. The van der Waals surface area contributed by atoms with Gasteiger partial charge < -0.3 is 9.16 Å². The first-order valence-corrected chi connectivity index (χ1v) is 14.4. The molecule has 0 aliphatic heterocycles. The minimum Gasteiger partial charge on any atom is -0.543 e. The van der Waals surface area contributed by atoms with Crippen LogP contribution in [-0.4, -0.2) is 15.4 Å². The molecule has 3 rings (SSSR count). The summed E-state index contributed by atoms with van der Waals surface area (Å²) in [5.41, 5.74) is 6.29. The third kappa shape index (κ3) is 7.28. The highest BCUT2D eigenvalue weighted by Gasteiger charge is 2.39. The van der Waals surface area contributed by atoms with Gasteiger partial charge in [-0.2, -0.15) is 0 Å². The summed E-state index contributed by atoms with van der Waals surface area (Å²) in [5, 5.41) is 0.149. The highest BCUT2D eigenvalue weighted by Crippen LogP contribution is 2.40. The number of allylic oxidation sites excluding steroid dienone is 7. The van der Waals surface area contributed by atoms with Gasteiger partial charge in [-0.1, -0.05) is 68.4 Å². The zero-order valence-electron chi connectivity index (χ0n) is 21.0. The largest absolute Gasteiger partial charge is 0.543 e. The number of ether oxygens (including phenoxy) is 1. The van der Waals surface area contributed by atoms with Crippen molar-refractivity contribution in [2.45, 2.75) is 84.9 Å². The van der Waals surface area contributed by atoms with Gasteiger partial charge >= 0.3 is 0 Å². The lowest BCUT2D eigenvalue weighted by Gasteiger charge is -2.37. The van der Waals surface area contributed by atoms with Gasteiger partial charge in [-0.25, -0.2) is 0 Å². The third-order valence-electron chi connectivity index (χ3n) is 6.53. The number of rotatable bonds is 3. The van der Waals surface area contributed by atoms with Gasteiger partial charge in [0.1, 0.15) is 11.5 Å². The van der Waals surface area contributed by atoms with Crippen LogP contribution in [0.5, 0.6) is 11.5 Å². The second-order valence-electron chi connectivity index (χ2n) is 10.4. The highest BCUT2D eigenvalue weighted by atomic mass is 28.4. The van der Waals surface area contributed by atoms with Crippen LogP contribution < -0.4 is 9.16 Å². The molecular formula is C28H42O2Si. The van der Waals surface area contributed by atoms with Crippen molar-refractivity contribution in [1.29, 1.82) is 0 Å².